The predicted molar refractivity (Wildman–Crippen MR) is 77.7 cm³/mol. The molecule has 0 fully saturated rings. The Balaban J connectivity index is 2.12. The predicted octanol–water partition coefficient (Wildman–Crippen LogP) is 1.59. The number of ether oxygens (including phenoxy) is 1. The second kappa shape index (κ2) is 6.08. The molecule has 2 rings (SSSR count). The number of hydrazone groups is 1. The van der Waals surface area contributed by atoms with Crippen molar-refractivity contribution in [3.63, 3.8) is 0 Å². The molecule has 0 bridgehead atoms. The topological polar surface area (TPSA) is 99.6 Å². The van der Waals surface area contributed by atoms with Crippen LogP contribution in [-0.4, -0.2) is 34.0 Å². The minimum Gasteiger partial charge on any atom is -0.504 e. The Labute approximate surface area is 121 Å². The van der Waals surface area contributed by atoms with E-state index in [4.69, 9.17) is 4.74 Å². The van der Waals surface area contributed by atoms with E-state index in [0.717, 1.165) is 11.3 Å². The van der Waals surface area contributed by atoms with Crippen LogP contribution in [0.25, 0.3) is 0 Å². The summed E-state index contributed by atoms with van der Waals surface area (Å²) in [5, 5.41) is 20.1. The number of benzene rings is 1. The molecule has 0 radical (unpaired) electrons. The number of aryl methyl sites for hydroxylation is 1. The summed E-state index contributed by atoms with van der Waals surface area (Å²) in [6.45, 7) is 3.54. The van der Waals surface area contributed by atoms with Gasteiger partial charge in [0.15, 0.2) is 17.2 Å². The third kappa shape index (κ3) is 3.38. The van der Waals surface area contributed by atoms with E-state index < -0.39 is 5.91 Å². The smallest absolute Gasteiger partial charge is 0.291 e. The van der Waals surface area contributed by atoms with E-state index in [1.54, 1.807) is 32.0 Å². The molecule has 21 heavy (non-hydrogen) atoms. The van der Waals surface area contributed by atoms with E-state index in [1.807, 2.05) is 0 Å². The molecule has 0 aliphatic heterocycles. The van der Waals surface area contributed by atoms with Gasteiger partial charge in [-0.15, -0.1) is 0 Å². The Morgan fingerprint density at radius 2 is 2.19 bits per heavy atom. The number of phenolic OH excluding ortho intramolecular Hbond substituents is 1. The molecule has 7 heteroatoms. The number of aromatic nitrogens is 2. The van der Waals surface area contributed by atoms with Crippen molar-refractivity contribution in [3.8, 4) is 11.5 Å². The quantitative estimate of drug-likeness (QED) is 0.587. The van der Waals surface area contributed by atoms with Crippen LogP contribution in [0.2, 0.25) is 0 Å². The van der Waals surface area contributed by atoms with Crippen LogP contribution in [-0.2, 0) is 0 Å². The maximum atomic E-state index is 11.8. The molecule has 1 amide bonds. The average molecular weight is 288 g/mol. The second-order valence-electron chi connectivity index (χ2n) is 4.46. The van der Waals surface area contributed by atoms with Crippen LogP contribution < -0.4 is 10.2 Å². The first-order chi connectivity index (χ1) is 10.0. The van der Waals surface area contributed by atoms with Gasteiger partial charge < -0.3 is 9.84 Å². The zero-order chi connectivity index (χ0) is 15.4. The van der Waals surface area contributed by atoms with Crippen LogP contribution in [0.15, 0.2) is 29.4 Å². The van der Waals surface area contributed by atoms with Gasteiger partial charge >= 0.3 is 0 Å². The van der Waals surface area contributed by atoms with Crippen molar-refractivity contribution in [2.24, 2.45) is 5.10 Å². The lowest BCUT2D eigenvalue weighted by atomic mass is 10.1. The summed E-state index contributed by atoms with van der Waals surface area (Å²) in [6, 6.07) is 6.45. The van der Waals surface area contributed by atoms with Crippen LogP contribution in [0.1, 0.15) is 28.7 Å². The van der Waals surface area contributed by atoms with E-state index in [0.29, 0.717) is 11.5 Å². The minimum absolute atomic E-state index is 0.0464. The van der Waals surface area contributed by atoms with Gasteiger partial charge in [-0.3, -0.25) is 9.89 Å². The van der Waals surface area contributed by atoms with E-state index >= 15 is 0 Å². The first kappa shape index (κ1) is 14.6. The fourth-order valence-electron chi connectivity index (χ4n) is 1.69. The van der Waals surface area contributed by atoms with Gasteiger partial charge in [-0.2, -0.15) is 10.2 Å². The number of nitrogens with zero attached hydrogens (tertiary/aromatic N) is 2. The maximum absolute atomic E-state index is 11.8. The molecular formula is C14H16N4O3. The monoisotopic (exact) mass is 288 g/mol. The summed E-state index contributed by atoms with van der Waals surface area (Å²) in [5.74, 6) is -0.00849. The lowest BCUT2D eigenvalue weighted by Crippen LogP contribution is -2.19. The number of carbonyl (C=O) groups is 1. The molecule has 0 aliphatic carbocycles. The van der Waals surface area contributed by atoms with Crippen LogP contribution in [0.5, 0.6) is 11.5 Å². The maximum Gasteiger partial charge on any atom is 0.291 e. The highest BCUT2D eigenvalue weighted by molar-refractivity contribution is 6.00. The number of H-pyrrole nitrogens is 1. The highest BCUT2D eigenvalue weighted by atomic mass is 16.5. The molecular weight excluding hydrogens is 272 g/mol. The highest BCUT2D eigenvalue weighted by Gasteiger charge is 2.09. The van der Waals surface area contributed by atoms with Gasteiger partial charge in [-0.25, -0.2) is 5.43 Å². The van der Waals surface area contributed by atoms with Crippen molar-refractivity contribution in [2.75, 3.05) is 7.11 Å². The van der Waals surface area contributed by atoms with E-state index in [1.165, 1.54) is 13.2 Å². The normalized spacial score (nSPS) is 11.3. The van der Waals surface area contributed by atoms with Crippen molar-refractivity contribution in [1.29, 1.82) is 0 Å². The van der Waals surface area contributed by atoms with Gasteiger partial charge in [-0.05, 0) is 38.1 Å². The van der Waals surface area contributed by atoms with Gasteiger partial charge in [0.25, 0.3) is 5.91 Å². The van der Waals surface area contributed by atoms with Gasteiger partial charge in [0.1, 0.15) is 0 Å². The van der Waals surface area contributed by atoms with E-state index in [-0.39, 0.29) is 11.4 Å². The van der Waals surface area contributed by atoms with Crippen molar-refractivity contribution in [1.82, 2.24) is 15.6 Å². The zero-order valence-electron chi connectivity index (χ0n) is 12.0. The molecule has 1 heterocycles. The molecule has 1 aromatic heterocycles. The second-order valence-corrected chi connectivity index (χ2v) is 4.46. The lowest BCUT2D eigenvalue weighted by molar-refractivity contribution is 0.0950. The molecule has 0 aliphatic rings. The van der Waals surface area contributed by atoms with Gasteiger partial charge in [-0.1, -0.05) is 0 Å². The zero-order valence-corrected chi connectivity index (χ0v) is 12.0. The molecule has 0 saturated heterocycles. The van der Waals surface area contributed by atoms with E-state index in [2.05, 4.69) is 20.7 Å². The molecule has 3 N–H and O–H groups in total. The van der Waals surface area contributed by atoms with Crippen molar-refractivity contribution >= 4 is 11.6 Å². The number of aromatic hydroxyl groups is 1. The number of nitrogens with one attached hydrogen (secondary N) is 2. The third-order valence-corrected chi connectivity index (χ3v) is 2.86. The number of aromatic amines is 1. The Morgan fingerprint density at radius 3 is 2.81 bits per heavy atom. The number of amides is 1. The molecule has 1 aromatic carbocycles. The summed E-state index contributed by atoms with van der Waals surface area (Å²) in [5.41, 5.74) is 4.79. The number of phenols is 1. The summed E-state index contributed by atoms with van der Waals surface area (Å²) >= 11 is 0. The summed E-state index contributed by atoms with van der Waals surface area (Å²) in [7, 11) is 1.47. The Bertz CT molecular complexity index is 691. The molecule has 0 saturated carbocycles. The van der Waals surface area contributed by atoms with Crippen LogP contribution >= 0.6 is 0 Å². The number of rotatable bonds is 4. The van der Waals surface area contributed by atoms with Crippen molar-refractivity contribution in [3.05, 3.63) is 41.2 Å². The first-order valence-electron chi connectivity index (χ1n) is 6.25. The third-order valence-electron chi connectivity index (χ3n) is 2.86. The number of carbonyl (C=O) groups excluding carboxylic acids is 1. The number of methoxy groups -OCH3 is 1. The lowest BCUT2D eigenvalue weighted by Gasteiger charge is -2.06. The Hall–Kier alpha value is -2.83. The van der Waals surface area contributed by atoms with Gasteiger partial charge in [0.05, 0.1) is 12.8 Å². The minimum atomic E-state index is -0.399. The van der Waals surface area contributed by atoms with Gasteiger partial charge in [0.2, 0.25) is 0 Å². The van der Waals surface area contributed by atoms with Crippen molar-refractivity contribution in [2.45, 2.75) is 13.8 Å². The summed E-state index contributed by atoms with van der Waals surface area (Å²) in [4.78, 5) is 11.8. The van der Waals surface area contributed by atoms with Crippen LogP contribution in [0.3, 0.4) is 0 Å². The molecule has 0 atom stereocenters. The fraction of sp³-hybridized carbons (Fsp3) is 0.214. The van der Waals surface area contributed by atoms with Crippen molar-refractivity contribution < 1.29 is 14.6 Å². The highest BCUT2D eigenvalue weighted by Crippen LogP contribution is 2.26. The molecule has 0 spiro atoms. The fourth-order valence-corrected chi connectivity index (χ4v) is 1.69. The molecule has 2 aromatic rings. The van der Waals surface area contributed by atoms with E-state index in [9.17, 15) is 9.90 Å². The number of hydrogen-bond donors (Lipinski definition) is 3. The summed E-state index contributed by atoms with van der Waals surface area (Å²) < 4.78 is 5.03. The van der Waals surface area contributed by atoms with Crippen LogP contribution in [0.4, 0.5) is 0 Å². The average Bonchev–Trinajstić information content (AvgIpc) is 2.91. The number of hydrogen-bond acceptors (Lipinski definition) is 5. The standard InChI is InChI=1S/C14H16N4O3/c1-8-6-11(17-15-8)14(20)18-16-9(2)10-4-5-12(19)13(7-10)21-3/h4-7,19H,1-3H3,(H,15,17)(H,18,20). The van der Waals surface area contributed by atoms with Crippen LogP contribution in [0, 0.1) is 6.92 Å². The first-order valence-corrected chi connectivity index (χ1v) is 6.25. The SMILES string of the molecule is COc1cc(C(C)=NNC(=O)c2cc(C)[nH]n2)ccc1O. The Morgan fingerprint density at radius 1 is 1.43 bits per heavy atom. The Kier molecular flexibility index (Phi) is 4.22. The largest absolute Gasteiger partial charge is 0.504 e. The molecule has 7 nitrogen and oxygen atoms in total. The molecule has 110 valence electrons. The van der Waals surface area contributed by atoms with Gasteiger partial charge in [0, 0.05) is 11.3 Å². The summed E-state index contributed by atoms with van der Waals surface area (Å²) in [6.07, 6.45) is 0. The molecule has 0 unspecified atom stereocenters.